The summed E-state index contributed by atoms with van der Waals surface area (Å²) in [6.07, 6.45) is 4.92. The highest BCUT2D eigenvalue weighted by molar-refractivity contribution is 6.36. The second-order valence-electron chi connectivity index (χ2n) is 8.92. The molecule has 2 fully saturated rings. The van der Waals surface area contributed by atoms with Crippen molar-refractivity contribution in [2.75, 3.05) is 0 Å². The highest BCUT2D eigenvalue weighted by atomic mass is 35.5. The molecule has 174 valence electrons. The quantitative estimate of drug-likeness (QED) is 0.326. The minimum Gasteiger partial charge on any atom is -0.292 e. The van der Waals surface area contributed by atoms with E-state index >= 15 is 0 Å². The molecule has 5 atom stereocenters. The average molecular weight is 497 g/mol. The summed E-state index contributed by atoms with van der Waals surface area (Å²) >= 11 is 12.3. The summed E-state index contributed by atoms with van der Waals surface area (Å²) in [6.45, 7) is 1.74. The fraction of sp³-hybridized carbons (Fsp3) is 0.308. The number of carbonyl (C=O) groups is 4. The van der Waals surface area contributed by atoms with Crippen LogP contribution in [0, 0.1) is 23.7 Å². The Bertz CT molecular complexity index is 1200. The molecule has 2 aliphatic carbocycles. The highest BCUT2D eigenvalue weighted by Gasteiger charge is 2.62. The van der Waals surface area contributed by atoms with E-state index in [1.54, 1.807) is 37.3 Å². The number of ketones is 1. The number of Topliss-reactive ketones (excluding diaryl/α,β-unsaturated/α-hetero) is 1. The van der Waals surface area contributed by atoms with Gasteiger partial charge in [0.15, 0.2) is 5.78 Å². The van der Waals surface area contributed by atoms with Crippen molar-refractivity contribution >= 4 is 46.7 Å². The maximum absolute atomic E-state index is 13.9. The predicted molar refractivity (Wildman–Crippen MR) is 127 cm³/mol. The van der Waals surface area contributed by atoms with E-state index in [9.17, 15) is 19.2 Å². The van der Waals surface area contributed by atoms with Crippen LogP contribution in [-0.4, -0.2) is 39.6 Å². The lowest BCUT2D eigenvalue weighted by Gasteiger charge is -2.36. The standard InChI is InChI=1S/C26H22Cl2N2O4/c1-2-20(23(31)14-6-4-3-5-7-14)29(24(32)18-11-10-17(27)13-19(18)28)30-25(33)21-15-8-9-16(12-15)22(21)26(30)34/h3-11,13,15-16,20-22H,2,12H2,1H3/t15-,16-,20+,21-,22-/m0/s1. The van der Waals surface area contributed by atoms with Crippen molar-refractivity contribution in [3.05, 3.63) is 81.9 Å². The summed E-state index contributed by atoms with van der Waals surface area (Å²) in [7, 11) is 0. The monoisotopic (exact) mass is 496 g/mol. The molecule has 0 aromatic heterocycles. The predicted octanol–water partition coefficient (Wildman–Crippen LogP) is 4.82. The van der Waals surface area contributed by atoms with Crippen molar-refractivity contribution in [2.24, 2.45) is 23.7 Å². The van der Waals surface area contributed by atoms with Crippen LogP contribution >= 0.6 is 23.2 Å². The number of fused-ring (bicyclic) bond motifs is 5. The number of hydrogen-bond donors (Lipinski definition) is 0. The number of allylic oxidation sites excluding steroid dienone is 2. The van der Waals surface area contributed by atoms with Gasteiger partial charge in [0.2, 0.25) is 0 Å². The molecule has 6 nitrogen and oxygen atoms in total. The summed E-state index contributed by atoms with van der Waals surface area (Å²) in [4.78, 5) is 54.6. The van der Waals surface area contributed by atoms with E-state index < -0.39 is 35.6 Å². The molecule has 0 radical (unpaired) electrons. The van der Waals surface area contributed by atoms with Gasteiger partial charge in [-0.3, -0.25) is 19.2 Å². The summed E-state index contributed by atoms with van der Waals surface area (Å²) in [5.41, 5.74) is 0.444. The van der Waals surface area contributed by atoms with E-state index in [2.05, 4.69) is 0 Å². The smallest absolute Gasteiger partial charge is 0.275 e. The Balaban J connectivity index is 1.60. The lowest BCUT2D eigenvalue weighted by Crippen LogP contribution is -2.57. The zero-order valence-electron chi connectivity index (χ0n) is 18.4. The van der Waals surface area contributed by atoms with Gasteiger partial charge in [-0.1, -0.05) is 72.6 Å². The van der Waals surface area contributed by atoms with Crippen molar-refractivity contribution in [3.63, 3.8) is 0 Å². The van der Waals surface area contributed by atoms with Crippen LogP contribution in [0.25, 0.3) is 0 Å². The van der Waals surface area contributed by atoms with Crippen LogP contribution in [0.4, 0.5) is 0 Å². The van der Waals surface area contributed by atoms with Crippen molar-refractivity contribution in [1.82, 2.24) is 10.0 Å². The Kier molecular flexibility index (Phi) is 5.82. The third kappa shape index (κ3) is 3.48. The fourth-order valence-corrected chi connectivity index (χ4v) is 6.01. The third-order valence-electron chi connectivity index (χ3n) is 7.08. The third-order valence-corrected chi connectivity index (χ3v) is 7.62. The Morgan fingerprint density at radius 2 is 1.62 bits per heavy atom. The van der Waals surface area contributed by atoms with E-state index in [4.69, 9.17) is 23.2 Å². The van der Waals surface area contributed by atoms with Crippen LogP contribution < -0.4 is 0 Å². The lowest BCUT2D eigenvalue weighted by atomic mass is 9.85. The summed E-state index contributed by atoms with van der Waals surface area (Å²) < 4.78 is 0. The van der Waals surface area contributed by atoms with Gasteiger partial charge in [0.25, 0.3) is 17.7 Å². The molecular formula is C26H22Cl2N2O4. The van der Waals surface area contributed by atoms with E-state index in [1.807, 2.05) is 12.2 Å². The Hall–Kier alpha value is -2.96. The molecule has 2 bridgehead atoms. The van der Waals surface area contributed by atoms with Gasteiger partial charge >= 0.3 is 0 Å². The molecule has 34 heavy (non-hydrogen) atoms. The number of imide groups is 1. The Labute approximate surface area is 207 Å². The van der Waals surface area contributed by atoms with Crippen LogP contribution in [0.2, 0.25) is 10.0 Å². The molecular weight excluding hydrogens is 475 g/mol. The normalized spacial score (nSPS) is 25.6. The maximum atomic E-state index is 13.9. The van der Waals surface area contributed by atoms with Crippen LogP contribution in [-0.2, 0) is 9.59 Å². The van der Waals surface area contributed by atoms with Gasteiger partial charge < -0.3 is 0 Å². The number of hydrazine groups is 1. The van der Waals surface area contributed by atoms with Gasteiger partial charge in [-0.2, -0.15) is 5.01 Å². The minimum atomic E-state index is -1.07. The molecule has 8 heteroatoms. The van der Waals surface area contributed by atoms with E-state index in [0.717, 1.165) is 16.4 Å². The van der Waals surface area contributed by atoms with Crippen LogP contribution in [0.3, 0.4) is 0 Å². The molecule has 0 unspecified atom stereocenters. The minimum absolute atomic E-state index is 0.0302. The number of halogens is 2. The average Bonchev–Trinajstić information content (AvgIpc) is 3.51. The molecule has 0 N–H and O–H groups in total. The summed E-state index contributed by atoms with van der Waals surface area (Å²) in [5.74, 6) is -3.02. The molecule has 1 saturated heterocycles. The van der Waals surface area contributed by atoms with Crippen LogP contribution in [0.15, 0.2) is 60.7 Å². The first-order valence-electron chi connectivity index (χ1n) is 11.3. The second-order valence-corrected chi connectivity index (χ2v) is 9.76. The van der Waals surface area contributed by atoms with Gasteiger partial charge in [0.1, 0.15) is 6.04 Å². The van der Waals surface area contributed by atoms with E-state index in [0.29, 0.717) is 10.6 Å². The molecule has 3 aliphatic rings. The van der Waals surface area contributed by atoms with Crippen molar-refractivity contribution < 1.29 is 19.2 Å². The largest absolute Gasteiger partial charge is 0.292 e. The van der Waals surface area contributed by atoms with Gasteiger partial charge in [-0.15, -0.1) is 0 Å². The van der Waals surface area contributed by atoms with Crippen molar-refractivity contribution in [3.8, 4) is 0 Å². The SMILES string of the molecule is CC[C@H](C(=O)c1ccccc1)N(C(=O)c1ccc(Cl)cc1Cl)N1C(=O)[C@@H]2[C@@H](C1=O)[C@H]1C=C[C@H]2C1. The number of nitrogens with zero attached hydrogens (tertiary/aromatic N) is 2. The van der Waals surface area contributed by atoms with E-state index in [-0.39, 0.29) is 34.6 Å². The molecule has 5 rings (SSSR count). The van der Waals surface area contributed by atoms with Crippen LogP contribution in [0.1, 0.15) is 40.5 Å². The van der Waals surface area contributed by atoms with Gasteiger partial charge in [0.05, 0.1) is 22.4 Å². The first-order valence-corrected chi connectivity index (χ1v) is 12.0. The molecule has 0 spiro atoms. The fourth-order valence-electron chi connectivity index (χ4n) is 5.52. The zero-order chi connectivity index (χ0) is 24.1. The molecule has 1 aliphatic heterocycles. The topological polar surface area (TPSA) is 74.8 Å². The van der Waals surface area contributed by atoms with Crippen molar-refractivity contribution in [2.45, 2.75) is 25.8 Å². The number of carbonyl (C=O) groups excluding carboxylic acids is 4. The first-order chi connectivity index (χ1) is 16.3. The molecule has 3 amide bonds. The number of hydrogen-bond acceptors (Lipinski definition) is 4. The van der Waals surface area contributed by atoms with Gasteiger partial charge in [-0.05, 0) is 42.9 Å². The Morgan fingerprint density at radius 1 is 1.00 bits per heavy atom. The zero-order valence-corrected chi connectivity index (χ0v) is 19.9. The molecule has 2 aromatic carbocycles. The number of amides is 3. The lowest BCUT2D eigenvalue weighted by molar-refractivity contribution is -0.157. The first kappa shape index (κ1) is 22.8. The number of rotatable bonds is 6. The Morgan fingerprint density at radius 3 is 2.18 bits per heavy atom. The van der Waals surface area contributed by atoms with Gasteiger partial charge in [-0.25, -0.2) is 5.01 Å². The number of benzene rings is 2. The molecule has 1 heterocycles. The summed E-state index contributed by atoms with van der Waals surface area (Å²) in [5, 5.41) is 2.37. The second kappa shape index (κ2) is 8.67. The van der Waals surface area contributed by atoms with E-state index in [1.165, 1.54) is 18.2 Å². The molecule has 1 saturated carbocycles. The van der Waals surface area contributed by atoms with Gasteiger partial charge in [0, 0.05) is 10.6 Å². The van der Waals surface area contributed by atoms with Crippen molar-refractivity contribution in [1.29, 1.82) is 0 Å². The van der Waals surface area contributed by atoms with Crippen LogP contribution in [0.5, 0.6) is 0 Å². The summed E-state index contributed by atoms with van der Waals surface area (Å²) in [6, 6.07) is 11.8. The molecule has 2 aromatic rings. The maximum Gasteiger partial charge on any atom is 0.275 e. The highest BCUT2D eigenvalue weighted by Crippen LogP contribution is 2.53.